The van der Waals surface area contributed by atoms with Gasteiger partial charge in [0.15, 0.2) is 0 Å². The summed E-state index contributed by atoms with van der Waals surface area (Å²) in [5.74, 6) is 5.12. The standard InChI is InChI=1S/C17H24N4O3/c1-12-16(17(23)19-18)14-11-13(22)3-4-15(14)21(12)6-2-5-20-7-9-24-10-8-20/h3-4,11,22H,2,5-10,18H2,1H3,(H,19,23). The van der Waals surface area contributed by atoms with Crippen LogP contribution in [0.15, 0.2) is 18.2 Å². The van der Waals surface area contributed by atoms with E-state index in [-0.39, 0.29) is 11.7 Å². The van der Waals surface area contributed by atoms with E-state index < -0.39 is 0 Å². The minimum Gasteiger partial charge on any atom is -0.508 e. The Morgan fingerprint density at radius 2 is 2.08 bits per heavy atom. The lowest BCUT2D eigenvalue weighted by Crippen LogP contribution is -2.37. The molecule has 1 saturated heterocycles. The van der Waals surface area contributed by atoms with Crippen LogP contribution < -0.4 is 11.3 Å². The molecule has 0 bridgehead atoms. The Hall–Kier alpha value is -2.09. The van der Waals surface area contributed by atoms with Gasteiger partial charge in [-0.3, -0.25) is 15.1 Å². The quantitative estimate of drug-likeness (QED) is 0.431. The molecule has 7 heteroatoms. The summed E-state index contributed by atoms with van der Waals surface area (Å²) >= 11 is 0. The second-order valence-electron chi connectivity index (χ2n) is 6.09. The molecular weight excluding hydrogens is 308 g/mol. The molecule has 24 heavy (non-hydrogen) atoms. The molecule has 1 amide bonds. The van der Waals surface area contributed by atoms with Crippen molar-refractivity contribution < 1.29 is 14.6 Å². The van der Waals surface area contributed by atoms with Gasteiger partial charge < -0.3 is 14.4 Å². The number of nitrogens with one attached hydrogen (secondary N) is 1. The highest BCUT2D eigenvalue weighted by Crippen LogP contribution is 2.29. The number of hydrazine groups is 1. The van der Waals surface area contributed by atoms with Gasteiger partial charge in [0, 0.05) is 42.8 Å². The summed E-state index contributed by atoms with van der Waals surface area (Å²) in [6.07, 6.45) is 0.981. The molecule has 7 nitrogen and oxygen atoms in total. The van der Waals surface area contributed by atoms with Crippen LogP contribution >= 0.6 is 0 Å². The maximum Gasteiger partial charge on any atom is 0.267 e. The van der Waals surface area contributed by atoms with Crippen LogP contribution in [0.4, 0.5) is 0 Å². The largest absolute Gasteiger partial charge is 0.508 e. The molecular formula is C17H24N4O3. The first-order chi connectivity index (χ1) is 11.6. The van der Waals surface area contributed by atoms with Crippen molar-refractivity contribution in [1.82, 2.24) is 14.9 Å². The number of fused-ring (bicyclic) bond motifs is 1. The summed E-state index contributed by atoms with van der Waals surface area (Å²) in [7, 11) is 0. The van der Waals surface area contributed by atoms with Crippen molar-refractivity contribution in [2.75, 3.05) is 32.8 Å². The Kier molecular flexibility index (Phi) is 5.03. The number of morpholine rings is 1. The Morgan fingerprint density at radius 3 is 2.79 bits per heavy atom. The molecule has 0 spiro atoms. The zero-order valence-corrected chi connectivity index (χ0v) is 13.9. The van der Waals surface area contributed by atoms with Gasteiger partial charge in [0.2, 0.25) is 0 Å². The van der Waals surface area contributed by atoms with Crippen LogP contribution in [0.2, 0.25) is 0 Å². The highest BCUT2D eigenvalue weighted by Gasteiger charge is 2.20. The molecule has 130 valence electrons. The van der Waals surface area contributed by atoms with Crippen LogP contribution in [-0.2, 0) is 11.3 Å². The van der Waals surface area contributed by atoms with E-state index in [9.17, 15) is 9.90 Å². The van der Waals surface area contributed by atoms with E-state index in [0.29, 0.717) is 5.56 Å². The number of rotatable bonds is 5. The number of aromatic hydroxyl groups is 1. The molecule has 0 saturated carbocycles. The van der Waals surface area contributed by atoms with Crippen LogP contribution in [0.5, 0.6) is 5.75 Å². The van der Waals surface area contributed by atoms with E-state index in [1.165, 1.54) is 0 Å². The third-order valence-electron chi connectivity index (χ3n) is 4.62. The maximum atomic E-state index is 12.1. The lowest BCUT2D eigenvalue weighted by atomic mass is 10.1. The van der Waals surface area contributed by atoms with Crippen LogP contribution in [0, 0.1) is 6.92 Å². The van der Waals surface area contributed by atoms with Gasteiger partial charge >= 0.3 is 0 Å². The van der Waals surface area contributed by atoms with E-state index in [0.717, 1.165) is 62.4 Å². The van der Waals surface area contributed by atoms with Gasteiger partial charge in [-0.25, -0.2) is 5.84 Å². The second kappa shape index (κ2) is 7.21. The number of carbonyl (C=O) groups excluding carboxylic acids is 1. The number of hydrogen-bond donors (Lipinski definition) is 3. The van der Waals surface area contributed by atoms with Crippen molar-refractivity contribution in [3.63, 3.8) is 0 Å². The number of benzene rings is 1. The molecule has 0 unspecified atom stereocenters. The number of aryl methyl sites for hydroxylation is 1. The van der Waals surface area contributed by atoms with Crippen LogP contribution in [-0.4, -0.2) is 53.3 Å². The van der Waals surface area contributed by atoms with Gasteiger partial charge in [-0.1, -0.05) is 0 Å². The van der Waals surface area contributed by atoms with Gasteiger partial charge in [0.05, 0.1) is 18.8 Å². The van der Waals surface area contributed by atoms with Gasteiger partial charge in [-0.05, 0) is 31.5 Å². The maximum absolute atomic E-state index is 12.1. The molecule has 1 aliphatic heterocycles. The van der Waals surface area contributed by atoms with Gasteiger partial charge in [-0.2, -0.15) is 0 Å². The third kappa shape index (κ3) is 3.24. The molecule has 0 atom stereocenters. The number of nitrogen functional groups attached to an aromatic ring is 1. The van der Waals surface area contributed by atoms with Gasteiger partial charge in [0.1, 0.15) is 5.75 Å². The van der Waals surface area contributed by atoms with Gasteiger partial charge in [0.25, 0.3) is 5.91 Å². The highest BCUT2D eigenvalue weighted by atomic mass is 16.5. The molecule has 4 N–H and O–H groups in total. The average molecular weight is 332 g/mol. The normalized spacial score (nSPS) is 15.8. The summed E-state index contributed by atoms with van der Waals surface area (Å²) in [4.78, 5) is 14.5. The van der Waals surface area contributed by atoms with Crippen molar-refractivity contribution in [2.24, 2.45) is 5.84 Å². The van der Waals surface area contributed by atoms with E-state index in [1.807, 2.05) is 13.0 Å². The fraction of sp³-hybridized carbons (Fsp3) is 0.471. The first-order valence-electron chi connectivity index (χ1n) is 8.24. The minimum absolute atomic E-state index is 0.138. The number of phenolic OH excluding ortho intramolecular Hbond substituents is 1. The van der Waals surface area contributed by atoms with Crippen molar-refractivity contribution >= 4 is 16.8 Å². The lowest BCUT2D eigenvalue weighted by Gasteiger charge is -2.26. The number of aromatic nitrogens is 1. The van der Waals surface area contributed by atoms with E-state index in [1.54, 1.807) is 12.1 Å². The zero-order valence-electron chi connectivity index (χ0n) is 13.9. The fourth-order valence-electron chi connectivity index (χ4n) is 3.39. The molecule has 1 aliphatic rings. The van der Waals surface area contributed by atoms with Crippen LogP contribution in [0.1, 0.15) is 22.5 Å². The van der Waals surface area contributed by atoms with Crippen molar-refractivity contribution in [3.8, 4) is 5.75 Å². The Morgan fingerprint density at radius 1 is 1.33 bits per heavy atom. The Labute approximate surface area is 140 Å². The van der Waals surface area contributed by atoms with Crippen LogP contribution in [0.25, 0.3) is 10.9 Å². The van der Waals surface area contributed by atoms with Crippen molar-refractivity contribution in [3.05, 3.63) is 29.5 Å². The van der Waals surface area contributed by atoms with Gasteiger partial charge in [-0.15, -0.1) is 0 Å². The molecule has 1 fully saturated rings. The summed E-state index contributed by atoms with van der Waals surface area (Å²) in [6, 6.07) is 5.11. The summed E-state index contributed by atoms with van der Waals surface area (Å²) in [5.41, 5.74) is 4.52. The molecule has 2 aromatic rings. The molecule has 0 aliphatic carbocycles. The Balaban J connectivity index is 1.84. The third-order valence-corrected chi connectivity index (χ3v) is 4.62. The lowest BCUT2D eigenvalue weighted by molar-refractivity contribution is 0.0369. The molecule has 1 aromatic carbocycles. The Bertz CT molecular complexity index is 735. The summed E-state index contributed by atoms with van der Waals surface area (Å²) < 4.78 is 7.49. The number of carbonyl (C=O) groups is 1. The highest BCUT2D eigenvalue weighted by molar-refractivity contribution is 6.08. The topological polar surface area (TPSA) is 92.8 Å². The smallest absolute Gasteiger partial charge is 0.267 e. The number of hydrogen-bond acceptors (Lipinski definition) is 5. The second-order valence-corrected chi connectivity index (χ2v) is 6.09. The average Bonchev–Trinajstić information content (AvgIpc) is 2.86. The number of nitrogens with zero attached hydrogens (tertiary/aromatic N) is 2. The van der Waals surface area contributed by atoms with E-state index >= 15 is 0 Å². The molecule has 3 rings (SSSR count). The number of phenols is 1. The predicted molar refractivity (Wildman–Crippen MR) is 91.9 cm³/mol. The summed E-state index contributed by atoms with van der Waals surface area (Å²) in [5, 5.41) is 10.5. The fourth-order valence-corrected chi connectivity index (χ4v) is 3.39. The number of ether oxygens (including phenoxy) is 1. The van der Waals surface area contributed by atoms with E-state index in [4.69, 9.17) is 10.6 Å². The zero-order chi connectivity index (χ0) is 17.1. The first kappa shape index (κ1) is 16.8. The number of nitrogens with two attached hydrogens (primary N) is 1. The van der Waals surface area contributed by atoms with Crippen molar-refractivity contribution in [1.29, 1.82) is 0 Å². The predicted octanol–water partition coefficient (Wildman–Crippen LogP) is 0.981. The first-order valence-corrected chi connectivity index (χ1v) is 8.24. The minimum atomic E-state index is -0.338. The van der Waals surface area contributed by atoms with Crippen molar-refractivity contribution in [2.45, 2.75) is 19.9 Å². The monoisotopic (exact) mass is 332 g/mol. The molecule has 2 heterocycles. The summed E-state index contributed by atoms with van der Waals surface area (Å²) in [6.45, 7) is 7.26. The van der Waals surface area contributed by atoms with E-state index in [2.05, 4.69) is 14.9 Å². The molecule has 0 radical (unpaired) electrons. The molecule has 1 aromatic heterocycles. The van der Waals surface area contributed by atoms with Crippen LogP contribution in [0.3, 0.4) is 0 Å². The number of amides is 1. The SMILES string of the molecule is Cc1c(C(=O)NN)c2cc(O)ccc2n1CCCN1CCOCC1.